The Morgan fingerprint density at radius 2 is 2.40 bits per heavy atom. The van der Waals surface area contributed by atoms with Crippen LogP contribution in [0.15, 0.2) is 6.20 Å². The molecule has 0 bridgehead atoms. The highest BCUT2D eigenvalue weighted by Gasteiger charge is 2.21. The Morgan fingerprint density at radius 1 is 1.60 bits per heavy atom. The van der Waals surface area contributed by atoms with E-state index in [0.29, 0.717) is 13.1 Å². The first-order valence-corrected chi connectivity index (χ1v) is 6.37. The third-order valence-corrected chi connectivity index (χ3v) is 3.06. The molecule has 9 heteroatoms. The van der Waals surface area contributed by atoms with Gasteiger partial charge in [0, 0.05) is 19.1 Å². The number of hydrogen-bond acceptors (Lipinski definition) is 6. The molecule has 110 valence electrons. The van der Waals surface area contributed by atoms with E-state index in [1.165, 1.54) is 18.0 Å². The summed E-state index contributed by atoms with van der Waals surface area (Å²) in [6, 6.07) is 0.0417. The molecule has 0 aromatic carbocycles. The van der Waals surface area contributed by atoms with E-state index in [0.717, 1.165) is 12.8 Å². The molecule has 2 rings (SSSR count). The molecular weight excluding hydrogens is 264 g/mol. The summed E-state index contributed by atoms with van der Waals surface area (Å²) in [6.45, 7) is 1.36. The van der Waals surface area contributed by atoms with E-state index in [2.05, 4.69) is 20.4 Å². The van der Waals surface area contributed by atoms with Crippen LogP contribution < -0.4 is 11.1 Å². The molecule has 0 saturated carbocycles. The van der Waals surface area contributed by atoms with Crippen molar-refractivity contribution in [1.29, 1.82) is 0 Å². The zero-order valence-corrected chi connectivity index (χ0v) is 11.3. The molecule has 0 spiro atoms. The maximum atomic E-state index is 12.1. The third-order valence-electron chi connectivity index (χ3n) is 3.06. The Kier molecular flexibility index (Phi) is 4.51. The summed E-state index contributed by atoms with van der Waals surface area (Å²) < 4.78 is 5.80. The number of hydrogen-bond donors (Lipinski definition) is 2. The Balaban J connectivity index is 1.89. The average Bonchev–Trinajstić information content (AvgIpc) is 2.85. The minimum atomic E-state index is -0.634. The number of methoxy groups -OCH3 is 1. The number of nitrogens with zero attached hydrogens (tertiary/aromatic N) is 4. The number of aromatic nitrogens is 3. The second-order valence-corrected chi connectivity index (χ2v) is 4.66. The Labute approximate surface area is 116 Å². The van der Waals surface area contributed by atoms with Gasteiger partial charge in [-0.05, 0) is 12.8 Å². The fourth-order valence-corrected chi connectivity index (χ4v) is 2.06. The highest BCUT2D eigenvalue weighted by atomic mass is 16.5. The lowest BCUT2D eigenvalue weighted by Crippen LogP contribution is -2.46. The summed E-state index contributed by atoms with van der Waals surface area (Å²) in [5.41, 5.74) is 5.84. The van der Waals surface area contributed by atoms with Crippen molar-refractivity contribution in [3.8, 4) is 0 Å². The number of nitrogens with two attached hydrogens (primary N) is 1. The Bertz CT molecular complexity index is 488. The van der Waals surface area contributed by atoms with Crippen molar-refractivity contribution in [2.45, 2.75) is 25.4 Å². The minimum absolute atomic E-state index is 0.0417. The van der Waals surface area contributed by atoms with Crippen molar-refractivity contribution < 1.29 is 14.3 Å². The number of likely N-dealkylation sites (tertiary alicyclic amines) is 1. The molecule has 1 unspecified atom stereocenters. The van der Waals surface area contributed by atoms with E-state index >= 15 is 0 Å². The molecule has 1 aliphatic rings. The number of piperidine rings is 1. The second-order valence-electron chi connectivity index (χ2n) is 4.66. The number of anilines is 1. The molecule has 1 fully saturated rings. The maximum Gasteiger partial charge on any atom is 0.412 e. The van der Waals surface area contributed by atoms with Crippen molar-refractivity contribution in [2.75, 3.05) is 25.5 Å². The van der Waals surface area contributed by atoms with Gasteiger partial charge < -0.3 is 15.4 Å². The Hall–Kier alpha value is -2.16. The second kappa shape index (κ2) is 6.33. The molecule has 2 heterocycles. The van der Waals surface area contributed by atoms with Gasteiger partial charge in [-0.2, -0.15) is 0 Å². The van der Waals surface area contributed by atoms with Crippen LogP contribution in [0.2, 0.25) is 0 Å². The van der Waals surface area contributed by atoms with Gasteiger partial charge in [0.05, 0.1) is 13.3 Å². The van der Waals surface area contributed by atoms with Crippen molar-refractivity contribution in [1.82, 2.24) is 19.9 Å². The molecule has 1 aromatic rings. The van der Waals surface area contributed by atoms with E-state index in [4.69, 9.17) is 5.73 Å². The van der Waals surface area contributed by atoms with Gasteiger partial charge in [-0.25, -0.2) is 9.48 Å². The fraction of sp³-hybridized carbons (Fsp3) is 0.636. The average molecular weight is 282 g/mol. The van der Waals surface area contributed by atoms with Crippen molar-refractivity contribution in [3.63, 3.8) is 0 Å². The number of carbonyl (C=O) groups is 2. The van der Waals surface area contributed by atoms with E-state index in [9.17, 15) is 9.59 Å². The van der Waals surface area contributed by atoms with E-state index < -0.39 is 6.09 Å². The van der Waals surface area contributed by atoms with Crippen LogP contribution in [-0.2, 0) is 16.1 Å². The molecule has 1 aliphatic heterocycles. The summed E-state index contributed by atoms with van der Waals surface area (Å²) in [4.78, 5) is 24.8. The first-order valence-electron chi connectivity index (χ1n) is 6.37. The van der Waals surface area contributed by atoms with Crippen LogP contribution in [0.1, 0.15) is 12.8 Å². The predicted octanol–water partition coefficient (Wildman–Crippen LogP) is -0.594. The molecular formula is C11H18N6O3. The van der Waals surface area contributed by atoms with Crippen LogP contribution in [-0.4, -0.2) is 58.1 Å². The van der Waals surface area contributed by atoms with Crippen LogP contribution in [0.4, 0.5) is 10.6 Å². The van der Waals surface area contributed by atoms with Crippen LogP contribution in [0.25, 0.3) is 0 Å². The molecule has 1 atom stereocenters. The van der Waals surface area contributed by atoms with E-state index in [1.807, 2.05) is 0 Å². The van der Waals surface area contributed by atoms with E-state index in [-0.39, 0.29) is 24.3 Å². The normalized spacial score (nSPS) is 18.7. The lowest BCUT2D eigenvalue weighted by atomic mass is 10.1. The summed E-state index contributed by atoms with van der Waals surface area (Å²) >= 11 is 0. The topological polar surface area (TPSA) is 115 Å². The zero-order valence-electron chi connectivity index (χ0n) is 11.3. The highest BCUT2D eigenvalue weighted by Crippen LogP contribution is 2.09. The van der Waals surface area contributed by atoms with Crippen molar-refractivity contribution >= 4 is 17.8 Å². The van der Waals surface area contributed by atoms with Crippen LogP contribution >= 0.6 is 0 Å². The quantitative estimate of drug-likeness (QED) is 0.765. The van der Waals surface area contributed by atoms with Gasteiger partial charge in [0.1, 0.15) is 6.54 Å². The summed E-state index contributed by atoms with van der Waals surface area (Å²) in [7, 11) is 1.25. The SMILES string of the molecule is COC(=O)Nc1cn(CC(=O)N2CCCC(N)C2)nn1. The lowest BCUT2D eigenvalue weighted by Gasteiger charge is -2.30. The molecule has 20 heavy (non-hydrogen) atoms. The fourth-order valence-electron chi connectivity index (χ4n) is 2.06. The monoisotopic (exact) mass is 282 g/mol. The number of nitrogens with one attached hydrogen (secondary N) is 1. The van der Waals surface area contributed by atoms with Gasteiger partial charge in [0.15, 0.2) is 5.82 Å². The van der Waals surface area contributed by atoms with Gasteiger partial charge in [0.25, 0.3) is 0 Å². The molecule has 0 radical (unpaired) electrons. The zero-order chi connectivity index (χ0) is 14.5. The molecule has 9 nitrogen and oxygen atoms in total. The van der Waals surface area contributed by atoms with E-state index in [1.54, 1.807) is 4.90 Å². The van der Waals surface area contributed by atoms with Crippen LogP contribution in [0, 0.1) is 0 Å². The van der Waals surface area contributed by atoms with Gasteiger partial charge in [0.2, 0.25) is 5.91 Å². The number of carbonyl (C=O) groups excluding carboxylic acids is 2. The molecule has 1 aromatic heterocycles. The highest BCUT2D eigenvalue weighted by molar-refractivity contribution is 5.83. The molecule has 2 amide bonds. The standard InChI is InChI=1S/C11H18N6O3/c1-20-11(19)13-9-6-17(15-14-9)7-10(18)16-4-2-3-8(12)5-16/h6,8H,2-5,7,12H2,1H3,(H,13,19). The van der Waals surface area contributed by atoms with Gasteiger partial charge in [-0.3, -0.25) is 10.1 Å². The van der Waals surface area contributed by atoms with Crippen LogP contribution in [0.5, 0.6) is 0 Å². The first kappa shape index (κ1) is 14.3. The van der Waals surface area contributed by atoms with Crippen LogP contribution in [0.3, 0.4) is 0 Å². The lowest BCUT2D eigenvalue weighted by molar-refractivity contribution is -0.133. The largest absolute Gasteiger partial charge is 0.453 e. The number of ether oxygens (including phenoxy) is 1. The summed E-state index contributed by atoms with van der Waals surface area (Å²) in [5, 5.41) is 9.87. The smallest absolute Gasteiger partial charge is 0.412 e. The van der Waals surface area contributed by atoms with Gasteiger partial charge >= 0.3 is 6.09 Å². The number of amides is 2. The minimum Gasteiger partial charge on any atom is -0.453 e. The molecule has 3 N–H and O–H groups in total. The third kappa shape index (κ3) is 3.67. The summed E-state index contributed by atoms with van der Waals surface area (Å²) in [6.07, 6.45) is 2.70. The summed E-state index contributed by atoms with van der Waals surface area (Å²) in [5.74, 6) is 0.176. The predicted molar refractivity (Wildman–Crippen MR) is 69.8 cm³/mol. The molecule has 0 aliphatic carbocycles. The Morgan fingerprint density at radius 3 is 3.10 bits per heavy atom. The van der Waals surface area contributed by atoms with Gasteiger partial charge in [-0.1, -0.05) is 5.21 Å². The maximum absolute atomic E-state index is 12.1. The van der Waals surface area contributed by atoms with Gasteiger partial charge in [-0.15, -0.1) is 5.10 Å². The number of rotatable bonds is 3. The molecule has 1 saturated heterocycles. The van der Waals surface area contributed by atoms with Crippen molar-refractivity contribution in [3.05, 3.63) is 6.20 Å². The van der Waals surface area contributed by atoms with Crippen molar-refractivity contribution in [2.24, 2.45) is 5.73 Å². The first-order chi connectivity index (χ1) is 9.58.